The number of ether oxygens (including phenoxy) is 2. The third-order valence-corrected chi connectivity index (χ3v) is 8.25. The molecule has 44 heavy (non-hydrogen) atoms. The summed E-state index contributed by atoms with van der Waals surface area (Å²) in [6.07, 6.45) is 8.89. The molecule has 1 aromatic heterocycles. The van der Waals surface area contributed by atoms with Crippen LogP contribution in [-0.2, 0) is 17.9 Å². The lowest BCUT2D eigenvalue weighted by molar-refractivity contribution is -0.121. The van der Waals surface area contributed by atoms with Gasteiger partial charge in [0, 0.05) is 25.6 Å². The first-order valence-corrected chi connectivity index (χ1v) is 16.4. The van der Waals surface area contributed by atoms with E-state index in [1.807, 2.05) is 59.3 Å². The molecule has 0 unspecified atom stereocenters. The maximum atomic E-state index is 13.7. The Hall–Kier alpha value is -3.81. The first-order valence-electron chi connectivity index (χ1n) is 16.4. The van der Waals surface area contributed by atoms with Gasteiger partial charge in [-0.05, 0) is 61.3 Å². The van der Waals surface area contributed by atoms with Gasteiger partial charge >= 0.3 is 0 Å². The third kappa shape index (κ3) is 9.60. The minimum Gasteiger partial charge on any atom is -0.496 e. The number of methoxy groups -OCH3 is 1. The minimum atomic E-state index is -0.285. The van der Waals surface area contributed by atoms with Crippen LogP contribution in [0.25, 0.3) is 11.3 Å². The second-order valence-electron chi connectivity index (χ2n) is 12.4. The molecular weight excluding hydrogens is 552 g/mol. The van der Waals surface area contributed by atoms with Crippen LogP contribution in [0.4, 0.5) is 0 Å². The van der Waals surface area contributed by atoms with Crippen molar-refractivity contribution in [3.63, 3.8) is 0 Å². The molecule has 8 heteroatoms. The van der Waals surface area contributed by atoms with E-state index in [0.717, 1.165) is 42.5 Å². The largest absolute Gasteiger partial charge is 0.496 e. The Morgan fingerprint density at radius 2 is 1.77 bits per heavy atom. The molecule has 3 aromatic rings. The smallest absolute Gasteiger partial charge is 0.272 e. The molecule has 0 aliphatic heterocycles. The molecule has 2 amide bonds. The normalized spacial score (nSPS) is 14.3. The average Bonchev–Trinajstić information content (AvgIpc) is 3.43. The molecule has 2 N–H and O–H groups in total. The first kappa shape index (κ1) is 33.1. The molecule has 0 saturated heterocycles. The van der Waals surface area contributed by atoms with Crippen LogP contribution in [-0.4, -0.2) is 41.3 Å². The maximum absolute atomic E-state index is 13.7. The van der Waals surface area contributed by atoms with E-state index < -0.39 is 0 Å². The van der Waals surface area contributed by atoms with Crippen LogP contribution in [0.1, 0.15) is 94.6 Å². The molecule has 1 atom stereocenters. The molecule has 4 rings (SSSR count). The van der Waals surface area contributed by atoms with Gasteiger partial charge in [-0.3, -0.25) is 14.3 Å². The summed E-state index contributed by atoms with van der Waals surface area (Å²) in [5.41, 5.74) is 2.96. The molecule has 0 radical (unpaired) electrons. The summed E-state index contributed by atoms with van der Waals surface area (Å²) in [5.74, 6) is 1.83. The van der Waals surface area contributed by atoms with Crippen molar-refractivity contribution in [3.8, 4) is 22.8 Å². The standard InChI is InChI=1S/C36H50N4O4/c1-5-6-20-37-34(41)22-29(21-26(2)3)38-36(42)30-23-31(40(39-30)24-27-14-9-7-10-15-27)35-32(43-4)18-13-19-33(35)44-25-28-16-11-8-12-17-28/h8,11-13,16-19,23,26-27,29H,5-7,9-10,14-15,20-22,24-25H2,1-4H3,(H,37,41)(H,38,42)/t29-/m0/s1. The Labute approximate surface area is 262 Å². The molecule has 238 valence electrons. The van der Waals surface area contributed by atoms with Crippen molar-refractivity contribution < 1.29 is 19.1 Å². The van der Waals surface area contributed by atoms with Crippen molar-refractivity contribution >= 4 is 11.8 Å². The summed E-state index contributed by atoms with van der Waals surface area (Å²) in [5, 5.41) is 11.0. The Bertz CT molecular complexity index is 1330. The number of nitrogens with zero attached hydrogens (tertiary/aromatic N) is 2. The fourth-order valence-electron chi connectivity index (χ4n) is 5.99. The topological polar surface area (TPSA) is 94.5 Å². The van der Waals surface area contributed by atoms with Crippen LogP contribution in [0.5, 0.6) is 11.5 Å². The Kier molecular flexibility index (Phi) is 12.7. The summed E-state index contributed by atoms with van der Waals surface area (Å²) >= 11 is 0. The van der Waals surface area contributed by atoms with Crippen LogP contribution < -0.4 is 20.1 Å². The maximum Gasteiger partial charge on any atom is 0.272 e. The number of rotatable bonds is 16. The van der Waals surface area contributed by atoms with Gasteiger partial charge in [0.2, 0.25) is 5.91 Å². The molecule has 1 heterocycles. The molecule has 2 aromatic carbocycles. The number of carbonyl (C=O) groups excluding carboxylic acids is 2. The monoisotopic (exact) mass is 602 g/mol. The lowest BCUT2D eigenvalue weighted by Crippen LogP contribution is -2.40. The van der Waals surface area contributed by atoms with E-state index in [-0.39, 0.29) is 24.3 Å². The molecule has 1 saturated carbocycles. The number of benzene rings is 2. The van der Waals surface area contributed by atoms with Gasteiger partial charge in [0.25, 0.3) is 5.91 Å². The van der Waals surface area contributed by atoms with Crippen molar-refractivity contribution in [1.29, 1.82) is 0 Å². The molecule has 1 aliphatic rings. The Morgan fingerprint density at radius 3 is 2.48 bits per heavy atom. The van der Waals surface area contributed by atoms with Gasteiger partial charge in [0.15, 0.2) is 5.69 Å². The van der Waals surface area contributed by atoms with Gasteiger partial charge in [0.05, 0.1) is 18.4 Å². The van der Waals surface area contributed by atoms with Gasteiger partial charge < -0.3 is 20.1 Å². The highest BCUT2D eigenvalue weighted by molar-refractivity contribution is 5.94. The SMILES string of the molecule is CCCCNC(=O)C[C@H](CC(C)C)NC(=O)c1cc(-c2c(OC)cccc2OCc2ccccc2)n(CC2CCCCC2)n1. The predicted molar refractivity (Wildman–Crippen MR) is 175 cm³/mol. The minimum absolute atomic E-state index is 0.0397. The number of amides is 2. The number of hydrogen-bond acceptors (Lipinski definition) is 5. The van der Waals surface area contributed by atoms with Gasteiger partial charge in [-0.15, -0.1) is 0 Å². The summed E-state index contributed by atoms with van der Waals surface area (Å²) in [6, 6.07) is 17.4. The van der Waals surface area contributed by atoms with E-state index in [0.29, 0.717) is 55.1 Å². The van der Waals surface area contributed by atoms with Crippen LogP contribution in [0.3, 0.4) is 0 Å². The molecule has 1 aliphatic carbocycles. The highest BCUT2D eigenvalue weighted by Crippen LogP contribution is 2.40. The fourth-order valence-corrected chi connectivity index (χ4v) is 5.99. The highest BCUT2D eigenvalue weighted by atomic mass is 16.5. The lowest BCUT2D eigenvalue weighted by atomic mass is 9.89. The molecule has 0 bridgehead atoms. The molecular formula is C36H50N4O4. The quantitative estimate of drug-likeness (QED) is 0.170. The van der Waals surface area contributed by atoms with Crippen molar-refractivity contribution in [2.75, 3.05) is 13.7 Å². The Balaban J connectivity index is 1.64. The number of nitrogens with one attached hydrogen (secondary N) is 2. The van der Waals surface area contributed by atoms with Crippen LogP contribution in [0.15, 0.2) is 54.6 Å². The van der Waals surface area contributed by atoms with E-state index in [2.05, 4.69) is 31.4 Å². The summed E-state index contributed by atoms with van der Waals surface area (Å²) in [7, 11) is 1.65. The second kappa shape index (κ2) is 16.9. The number of aromatic nitrogens is 2. The zero-order valence-corrected chi connectivity index (χ0v) is 26.9. The van der Waals surface area contributed by atoms with Gasteiger partial charge in [0.1, 0.15) is 18.1 Å². The van der Waals surface area contributed by atoms with Crippen molar-refractivity contribution in [1.82, 2.24) is 20.4 Å². The molecule has 0 spiro atoms. The van der Waals surface area contributed by atoms with E-state index in [1.165, 1.54) is 19.3 Å². The average molecular weight is 603 g/mol. The number of hydrogen-bond donors (Lipinski definition) is 2. The highest BCUT2D eigenvalue weighted by Gasteiger charge is 2.26. The van der Waals surface area contributed by atoms with Crippen LogP contribution in [0.2, 0.25) is 0 Å². The Morgan fingerprint density at radius 1 is 1.02 bits per heavy atom. The van der Waals surface area contributed by atoms with E-state index in [4.69, 9.17) is 14.6 Å². The van der Waals surface area contributed by atoms with E-state index in [9.17, 15) is 9.59 Å². The predicted octanol–water partition coefficient (Wildman–Crippen LogP) is 7.17. The van der Waals surface area contributed by atoms with Crippen molar-refractivity contribution in [2.24, 2.45) is 11.8 Å². The fraction of sp³-hybridized carbons (Fsp3) is 0.528. The lowest BCUT2D eigenvalue weighted by Gasteiger charge is -2.23. The summed E-state index contributed by atoms with van der Waals surface area (Å²) in [4.78, 5) is 26.4. The van der Waals surface area contributed by atoms with Gasteiger partial charge in [-0.2, -0.15) is 5.10 Å². The van der Waals surface area contributed by atoms with Crippen LogP contribution in [0, 0.1) is 11.8 Å². The third-order valence-electron chi connectivity index (χ3n) is 8.25. The second-order valence-corrected chi connectivity index (χ2v) is 12.4. The van der Waals surface area contributed by atoms with Gasteiger partial charge in [-0.25, -0.2) is 0 Å². The zero-order valence-electron chi connectivity index (χ0n) is 26.9. The van der Waals surface area contributed by atoms with Crippen molar-refractivity contribution in [3.05, 3.63) is 65.9 Å². The molecule has 8 nitrogen and oxygen atoms in total. The number of unbranched alkanes of at least 4 members (excludes halogenated alkanes) is 1. The van der Waals surface area contributed by atoms with E-state index >= 15 is 0 Å². The van der Waals surface area contributed by atoms with Crippen LogP contribution >= 0.6 is 0 Å². The van der Waals surface area contributed by atoms with Crippen molar-refractivity contribution in [2.45, 2.75) is 97.8 Å². The number of carbonyl (C=O) groups is 2. The van der Waals surface area contributed by atoms with E-state index in [1.54, 1.807) is 7.11 Å². The zero-order chi connectivity index (χ0) is 31.3. The summed E-state index contributed by atoms with van der Waals surface area (Å²) < 4.78 is 14.2. The van der Waals surface area contributed by atoms with Gasteiger partial charge in [-0.1, -0.05) is 82.9 Å². The molecule has 1 fully saturated rings. The first-order chi connectivity index (χ1) is 21.4. The summed E-state index contributed by atoms with van der Waals surface area (Å²) in [6.45, 7) is 8.07.